The SMILES string of the molecule is CCOC(=O)C1=C(C)N=c2s/c(=C\c3ccc(-c4cc([N+](=O)[O-])ccc4Cl)o3)c(=O)n2[C@@H]1c1ccc(-c2cc([N+](=O)[O-])ccc2Cl)o1. The van der Waals surface area contributed by atoms with E-state index in [0.717, 1.165) is 11.3 Å². The Labute approximate surface area is 277 Å². The summed E-state index contributed by atoms with van der Waals surface area (Å²) in [5, 5.41) is 23.1. The summed E-state index contributed by atoms with van der Waals surface area (Å²) in [6, 6.07) is 13.0. The fraction of sp³-hybridized carbons (Fsp3) is 0.129. The Morgan fingerprint density at radius 3 is 2.17 bits per heavy atom. The summed E-state index contributed by atoms with van der Waals surface area (Å²) < 4.78 is 18.8. The third-order valence-electron chi connectivity index (χ3n) is 7.17. The second-order valence-electron chi connectivity index (χ2n) is 10.0. The molecule has 0 N–H and O–H groups in total. The Balaban J connectivity index is 1.46. The summed E-state index contributed by atoms with van der Waals surface area (Å²) in [6.45, 7) is 3.32. The van der Waals surface area contributed by atoms with Crippen LogP contribution >= 0.6 is 34.5 Å². The number of nitro benzene ring substituents is 2. The van der Waals surface area contributed by atoms with Crippen LogP contribution in [0.4, 0.5) is 11.4 Å². The number of benzene rings is 2. The molecule has 5 aromatic rings. The fourth-order valence-corrected chi connectivity index (χ4v) is 6.49. The molecule has 0 saturated carbocycles. The van der Waals surface area contributed by atoms with Crippen LogP contribution in [0.1, 0.15) is 31.4 Å². The second-order valence-corrected chi connectivity index (χ2v) is 11.9. The minimum absolute atomic E-state index is 0.0644. The Morgan fingerprint density at radius 1 is 0.979 bits per heavy atom. The van der Waals surface area contributed by atoms with E-state index in [9.17, 15) is 29.8 Å². The van der Waals surface area contributed by atoms with Crippen LogP contribution in [0.25, 0.3) is 28.7 Å². The zero-order chi connectivity index (χ0) is 33.6. The highest BCUT2D eigenvalue weighted by Crippen LogP contribution is 2.38. The summed E-state index contributed by atoms with van der Waals surface area (Å²) in [6.07, 6.45) is 1.48. The summed E-state index contributed by atoms with van der Waals surface area (Å²) >= 11 is 13.7. The van der Waals surface area contributed by atoms with E-state index >= 15 is 0 Å². The van der Waals surface area contributed by atoms with E-state index in [4.69, 9.17) is 36.8 Å². The van der Waals surface area contributed by atoms with Crippen molar-refractivity contribution >= 4 is 58.0 Å². The van der Waals surface area contributed by atoms with Gasteiger partial charge in [-0.25, -0.2) is 9.79 Å². The van der Waals surface area contributed by atoms with Crippen molar-refractivity contribution in [3.8, 4) is 22.6 Å². The van der Waals surface area contributed by atoms with Crippen LogP contribution in [0.3, 0.4) is 0 Å². The van der Waals surface area contributed by atoms with Gasteiger partial charge in [-0.3, -0.25) is 29.6 Å². The number of aromatic nitrogens is 1. The van der Waals surface area contributed by atoms with Gasteiger partial charge in [0.2, 0.25) is 0 Å². The number of esters is 1. The van der Waals surface area contributed by atoms with Gasteiger partial charge < -0.3 is 13.6 Å². The number of rotatable bonds is 8. The average molecular weight is 695 g/mol. The van der Waals surface area contributed by atoms with Gasteiger partial charge in [0.05, 0.1) is 42.3 Å². The lowest BCUT2D eigenvalue weighted by atomic mass is 10.0. The first-order valence-corrected chi connectivity index (χ1v) is 15.3. The van der Waals surface area contributed by atoms with Gasteiger partial charge in [-0.05, 0) is 50.2 Å². The van der Waals surface area contributed by atoms with Crippen LogP contribution in [-0.4, -0.2) is 27.0 Å². The molecule has 47 heavy (non-hydrogen) atoms. The number of fused-ring (bicyclic) bond motifs is 1. The van der Waals surface area contributed by atoms with Crippen molar-refractivity contribution < 1.29 is 28.2 Å². The number of allylic oxidation sites excluding steroid dienone is 1. The standard InChI is InChI=1S/C31H20Cl2N4O9S/c1-3-44-30(39)27-15(2)34-31-35(28(27)25-11-10-24(46-25)20-13-17(37(42)43)5-8-22(20)33)29(38)26(47-31)14-18-6-9-23(45-18)19-12-16(36(40)41)4-7-21(19)32/h4-14,28H,3H2,1-2H3/b26-14-/t28-/m1/s1. The number of nitrogens with zero attached hydrogens (tertiary/aromatic N) is 4. The number of hydrogen-bond donors (Lipinski definition) is 0. The first-order chi connectivity index (χ1) is 22.5. The number of furan rings is 2. The molecule has 3 aromatic heterocycles. The van der Waals surface area contributed by atoms with Gasteiger partial charge in [0, 0.05) is 41.5 Å². The summed E-state index contributed by atoms with van der Waals surface area (Å²) in [4.78, 5) is 53.5. The molecule has 238 valence electrons. The molecule has 1 atom stereocenters. The van der Waals surface area contributed by atoms with Gasteiger partial charge in [-0.1, -0.05) is 34.5 Å². The van der Waals surface area contributed by atoms with Crippen molar-refractivity contribution in [3.63, 3.8) is 0 Å². The minimum Gasteiger partial charge on any atom is -0.463 e. The minimum atomic E-state index is -1.10. The first kappa shape index (κ1) is 31.7. The molecular formula is C31H20Cl2N4O9S. The van der Waals surface area contributed by atoms with E-state index in [0.29, 0.717) is 11.3 Å². The van der Waals surface area contributed by atoms with E-state index in [1.54, 1.807) is 32.0 Å². The molecule has 2 aromatic carbocycles. The third-order valence-corrected chi connectivity index (χ3v) is 8.81. The smallest absolute Gasteiger partial charge is 0.338 e. The van der Waals surface area contributed by atoms with Crippen LogP contribution in [0, 0.1) is 20.2 Å². The molecule has 0 spiro atoms. The number of carbonyl (C=O) groups is 1. The molecule has 0 aliphatic carbocycles. The van der Waals surface area contributed by atoms with E-state index < -0.39 is 27.4 Å². The number of nitro groups is 2. The molecule has 0 unspecified atom stereocenters. The Kier molecular flexibility index (Phi) is 8.40. The molecule has 1 aliphatic rings. The van der Waals surface area contributed by atoms with Crippen molar-refractivity contribution in [2.45, 2.75) is 19.9 Å². The summed E-state index contributed by atoms with van der Waals surface area (Å²) in [7, 11) is 0. The van der Waals surface area contributed by atoms with E-state index in [1.165, 1.54) is 53.1 Å². The number of hydrogen-bond acceptors (Lipinski definition) is 11. The molecule has 1 aliphatic heterocycles. The van der Waals surface area contributed by atoms with Crippen molar-refractivity contribution in [2.24, 2.45) is 4.99 Å². The highest BCUT2D eigenvalue weighted by molar-refractivity contribution is 7.07. The number of non-ortho nitro benzene ring substituents is 2. The van der Waals surface area contributed by atoms with E-state index in [-0.39, 0.29) is 71.5 Å². The van der Waals surface area contributed by atoms with Gasteiger partial charge in [-0.15, -0.1) is 0 Å². The van der Waals surface area contributed by atoms with Crippen LogP contribution in [0.2, 0.25) is 10.0 Å². The van der Waals surface area contributed by atoms with Gasteiger partial charge in [0.15, 0.2) is 4.80 Å². The van der Waals surface area contributed by atoms with Crippen molar-refractivity contribution in [3.05, 3.63) is 133 Å². The topological polar surface area (TPSA) is 173 Å². The lowest BCUT2D eigenvalue weighted by Crippen LogP contribution is -2.39. The predicted molar refractivity (Wildman–Crippen MR) is 172 cm³/mol. The lowest BCUT2D eigenvalue weighted by Gasteiger charge is -2.22. The maximum atomic E-state index is 14.0. The Bertz CT molecular complexity index is 2330. The number of thiazole rings is 1. The number of carbonyl (C=O) groups excluding carboxylic acids is 1. The maximum Gasteiger partial charge on any atom is 0.338 e. The quantitative estimate of drug-likeness (QED) is 0.101. The summed E-state index contributed by atoms with van der Waals surface area (Å²) in [5.74, 6) is 0.138. The third kappa shape index (κ3) is 5.89. The average Bonchev–Trinajstić information content (AvgIpc) is 3.77. The van der Waals surface area contributed by atoms with Crippen LogP contribution < -0.4 is 14.9 Å². The molecule has 0 amide bonds. The van der Waals surface area contributed by atoms with E-state index in [1.807, 2.05) is 0 Å². The molecule has 13 nitrogen and oxygen atoms in total. The molecule has 0 saturated heterocycles. The monoisotopic (exact) mass is 694 g/mol. The molecule has 16 heteroatoms. The molecule has 0 fully saturated rings. The van der Waals surface area contributed by atoms with Gasteiger partial charge in [0.25, 0.3) is 16.9 Å². The van der Waals surface area contributed by atoms with Crippen molar-refractivity contribution in [2.75, 3.05) is 6.61 Å². The lowest BCUT2D eigenvalue weighted by molar-refractivity contribution is -0.385. The Hall–Kier alpha value is -5.31. The predicted octanol–water partition coefficient (Wildman–Crippen LogP) is 6.44. The number of ether oxygens (including phenoxy) is 1. The normalized spacial score (nSPS) is 14.6. The van der Waals surface area contributed by atoms with Crippen LogP contribution in [-0.2, 0) is 9.53 Å². The van der Waals surface area contributed by atoms with E-state index in [2.05, 4.69) is 4.99 Å². The fourth-order valence-electron chi connectivity index (χ4n) is 5.04. The molecule has 6 rings (SSSR count). The highest BCUT2D eigenvalue weighted by Gasteiger charge is 2.36. The largest absolute Gasteiger partial charge is 0.463 e. The van der Waals surface area contributed by atoms with Gasteiger partial charge in [-0.2, -0.15) is 0 Å². The molecule has 0 radical (unpaired) electrons. The zero-order valence-corrected chi connectivity index (χ0v) is 26.6. The maximum absolute atomic E-state index is 14.0. The molecule has 0 bridgehead atoms. The zero-order valence-electron chi connectivity index (χ0n) is 24.3. The highest BCUT2D eigenvalue weighted by atomic mass is 35.5. The van der Waals surface area contributed by atoms with Crippen molar-refractivity contribution in [1.82, 2.24) is 4.57 Å². The second kappa shape index (κ2) is 12.5. The van der Waals surface area contributed by atoms with Crippen LogP contribution in [0.15, 0.2) is 90.6 Å². The molecule has 4 heterocycles. The van der Waals surface area contributed by atoms with Gasteiger partial charge >= 0.3 is 5.97 Å². The van der Waals surface area contributed by atoms with Crippen LogP contribution in [0.5, 0.6) is 0 Å². The van der Waals surface area contributed by atoms with Gasteiger partial charge in [0.1, 0.15) is 29.1 Å². The summed E-state index contributed by atoms with van der Waals surface area (Å²) in [5.41, 5.74) is 0.0188. The molecular weight excluding hydrogens is 675 g/mol. The number of halogens is 2. The Morgan fingerprint density at radius 2 is 1.57 bits per heavy atom. The van der Waals surface area contributed by atoms with Crippen molar-refractivity contribution in [1.29, 1.82) is 0 Å². The first-order valence-electron chi connectivity index (χ1n) is 13.7.